The Morgan fingerprint density at radius 2 is 1.64 bits per heavy atom. The molecule has 11 heteroatoms. The fraction of sp³-hybridized carbons (Fsp3) is 0.182. The lowest BCUT2D eigenvalue weighted by molar-refractivity contribution is 0.0845. The van der Waals surface area contributed by atoms with Crippen LogP contribution in [-0.2, 0) is 10.0 Å². The number of carbonyl (C=O) groups excluding carboxylic acids is 2. The van der Waals surface area contributed by atoms with Gasteiger partial charge in [0.25, 0.3) is 21.8 Å². The maximum Gasteiger partial charge on any atom is 0.273 e. The van der Waals surface area contributed by atoms with Gasteiger partial charge < -0.3 is 9.15 Å². The van der Waals surface area contributed by atoms with Crippen LogP contribution >= 0.6 is 11.6 Å². The summed E-state index contributed by atoms with van der Waals surface area (Å²) in [6, 6.07) is 10.2. The van der Waals surface area contributed by atoms with Crippen LogP contribution in [0.15, 0.2) is 51.8 Å². The molecule has 0 aliphatic heterocycles. The number of anilines is 1. The van der Waals surface area contributed by atoms with Crippen molar-refractivity contribution in [2.75, 3.05) is 11.8 Å². The summed E-state index contributed by atoms with van der Waals surface area (Å²) in [6.45, 7) is 5.10. The monoisotopic (exact) mass is 491 g/mol. The molecule has 9 nitrogen and oxygen atoms in total. The largest absolute Gasteiger partial charge is 0.495 e. The molecular formula is C22H22ClN3O6S. The van der Waals surface area contributed by atoms with Crippen molar-refractivity contribution in [3.05, 3.63) is 75.7 Å². The number of carbonyl (C=O) groups is 2. The van der Waals surface area contributed by atoms with E-state index in [4.69, 9.17) is 20.8 Å². The molecule has 0 atom stereocenters. The minimum atomic E-state index is -4.16. The predicted octanol–water partition coefficient (Wildman–Crippen LogP) is 3.74. The summed E-state index contributed by atoms with van der Waals surface area (Å²) in [5.41, 5.74) is 5.72. The van der Waals surface area contributed by atoms with Gasteiger partial charge in [-0.05, 0) is 51.1 Å². The molecule has 0 aliphatic carbocycles. The molecule has 0 bridgehead atoms. The van der Waals surface area contributed by atoms with Crippen LogP contribution in [0.1, 0.15) is 37.8 Å². The van der Waals surface area contributed by atoms with Gasteiger partial charge in [0.15, 0.2) is 0 Å². The molecule has 0 aliphatic rings. The van der Waals surface area contributed by atoms with Gasteiger partial charge in [-0.1, -0.05) is 23.7 Å². The summed E-state index contributed by atoms with van der Waals surface area (Å²) in [5, 5.41) is -0.0851. The molecule has 3 N–H and O–H groups in total. The zero-order valence-electron chi connectivity index (χ0n) is 18.3. The fourth-order valence-electron chi connectivity index (χ4n) is 3.15. The molecule has 0 unspecified atom stereocenters. The van der Waals surface area contributed by atoms with Gasteiger partial charge in [0, 0.05) is 11.1 Å². The maximum atomic E-state index is 12.9. The number of benzene rings is 2. The van der Waals surface area contributed by atoms with Gasteiger partial charge in [-0.2, -0.15) is 0 Å². The third-order valence-corrected chi connectivity index (χ3v) is 6.76. The summed E-state index contributed by atoms with van der Waals surface area (Å²) < 4.78 is 38.8. The molecule has 0 spiro atoms. The van der Waals surface area contributed by atoms with Crippen LogP contribution in [0.25, 0.3) is 0 Å². The van der Waals surface area contributed by atoms with Crippen molar-refractivity contribution in [1.82, 2.24) is 10.9 Å². The van der Waals surface area contributed by atoms with E-state index in [1.54, 1.807) is 39.0 Å². The lowest BCUT2D eigenvalue weighted by Gasteiger charge is -2.13. The maximum absolute atomic E-state index is 12.9. The summed E-state index contributed by atoms with van der Waals surface area (Å²) in [7, 11) is -2.75. The molecule has 0 radical (unpaired) electrons. The van der Waals surface area contributed by atoms with E-state index in [1.165, 1.54) is 25.3 Å². The molecule has 0 saturated heterocycles. The van der Waals surface area contributed by atoms with E-state index < -0.39 is 21.8 Å². The predicted molar refractivity (Wildman–Crippen MR) is 123 cm³/mol. The second kappa shape index (κ2) is 9.55. The smallest absolute Gasteiger partial charge is 0.273 e. The highest BCUT2D eigenvalue weighted by atomic mass is 35.5. The van der Waals surface area contributed by atoms with Gasteiger partial charge in [0.2, 0.25) is 0 Å². The second-order valence-corrected chi connectivity index (χ2v) is 9.13. The number of rotatable bonds is 6. The summed E-state index contributed by atoms with van der Waals surface area (Å²) in [5.74, 6) is 0.0334. The minimum Gasteiger partial charge on any atom is -0.495 e. The average Bonchev–Trinajstić information content (AvgIpc) is 3.03. The highest BCUT2D eigenvalue weighted by Crippen LogP contribution is 2.29. The van der Waals surface area contributed by atoms with E-state index in [-0.39, 0.29) is 21.2 Å². The SMILES string of the molecule is COc1ccccc1NS(=O)(=O)c1cc(C(=O)NNC(=O)c2c(C)oc(C)c2C)ccc1Cl. The Morgan fingerprint density at radius 1 is 0.970 bits per heavy atom. The number of ether oxygens (including phenoxy) is 1. The molecule has 3 aromatic rings. The number of amides is 2. The number of furan rings is 1. The van der Waals surface area contributed by atoms with Crippen LogP contribution in [-0.4, -0.2) is 27.3 Å². The topological polar surface area (TPSA) is 127 Å². The van der Waals surface area contributed by atoms with Crippen LogP contribution in [0.4, 0.5) is 5.69 Å². The summed E-state index contributed by atoms with van der Waals surface area (Å²) >= 11 is 6.11. The molecule has 0 saturated carbocycles. The number of hydrogen-bond acceptors (Lipinski definition) is 6. The second-order valence-electron chi connectivity index (χ2n) is 7.07. The Labute approximate surface area is 196 Å². The lowest BCUT2D eigenvalue weighted by atomic mass is 10.1. The molecule has 2 amide bonds. The van der Waals surface area contributed by atoms with Crippen LogP contribution in [0.2, 0.25) is 5.02 Å². The highest BCUT2D eigenvalue weighted by Gasteiger charge is 2.23. The molecule has 1 aromatic heterocycles. The first-order valence-corrected chi connectivity index (χ1v) is 11.5. The van der Waals surface area contributed by atoms with Crippen molar-refractivity contribution in [3.8, 4) is 5.75 Å². The van der Waals surface area contributed by atoms with Crippen molar-refractivity contribution < 1.29 is 27.2 Å². The number of hydrazine groups is 1. The Morgan fingerprint density at radius 3 is 2.27 bits per heavy atom. The summed E-state index contributed by atoms with van der Waals surface area (Å²) in [4.78, 5) is 24.7. The van der Waals surface area contributed by atoms with E-state index >= 15 is 0 Å². The molecular weight excluding hydrogens is 470 g/mol. The van der Waals surface area contributed by atoms with E-state index in [0.29, 0.717) is 28.4 Å². The van der Waals surface area contributed by atoms with Crippen LogP contribution in [0.5, 0.6) is 5.75 Å². The first kappa shape index (κ1) is 24.1. The number of para-hydroxylation sites is 2. The third kappa shape index (κ3) is 5.12. The van der Waals surface area contributed by atoms with Gasteiger partial charge in [0.05, 0.1) is 23.4 Å². The lowest BCUT2D eigenvalue weighted by Crippen LogP contribution is -2.42. The van der Waals surface area contributed by atoms with Crippen LogP contribution in [0, 0.1) is 20.8 Å². The summed E-state index contributed by atoms with van der Waals surface area (Å²) in [6.07, 6.45) is 0. The van der Waals surface area contributed by atoms with E-state index in [9.17, 15) is 18.0 Å². The van der Waals surface area contributed by atoms with E-state index in [1.807, 2.05) is 0 Å². The molecule has 3 rings (SSSR count). The van der Waals surface area contributed by atoms with Crippen molar-refractivity contribution in [1.29, 1.82) is 0 Å². The highest BCUT2D eigenvalue weighted by molar-refractivity contribution is 7.92. The third-order valence-electron chi connectivity index (χ3n) is 4.91. The number of hydrogen-bond donors (Lipinski definition) is 3. The average molecular weight is 492 g/mol. The Kier molecular flexibility index (Phi) is 6.99. The minimum absolute atomic E-state index is 0.0306. The first-order valence-electron chi connectivity index (χ1n) is 9.67. The number of aryl methyl sites for hydroxylation is 2. The van der Waals surface area contributed by atoms with E-state index in [0.717, 1.165) is 6.07 Å². The Balaban J connectivity index is 1.80. The molecule has 174 valence electrons. The Hall–Kier alpha value is -3.50. The van der Waals surface area contributed by atoms with Crippen molar-refractivity contribution in [2.24, 2.45) is 0 Å². The van der Waals surface area contributed by atoms with Crippen molar-refractivity contribution in [3.63, 3.8) is 0 Å². The van der Waals surface area contributed by atoms with Crippen LogP contribution < -0.4 is 20.3 Å². The van der Waals surface area contributed by atoms with Gasteiger partial charge in [-0.3, -0.25) is 25.2 Å². The van der Waals surface area contributed by atoms with Gasteiger partial charge >= 0.3 is 0 Å². The normalized spacial score (nSPS) is 11.1. The number of sulfonamides is 1. The number of methoxy groups -OCH3 is 1. The van der Waals surface area contributed by atoms with Crippen molar-refractivity contribution >= 4 is 39.1 Å². The molecule has 33 heavy (non-hydrogen) atoms. The van der Waals surface area contributed by atoms with Crippen LogP contribution in [0.3, 0.4) is 0 Å². The van der Waals surface area contributed by atoms with E-state index in [2.05, 4.69) is 15.6 Å². The molecule has 0 fully saturated rings. The molecule has 2 aromatic carbocycles. The first-order chi connectivity index (χ1) is 15.5. The Bertz CT molecular complexity index is 1330. The van der Waals surface area contributed by atoms with Gasteiger partial charge in [-0.25, -0.2) is 8.42 Å². The quantitative estimate of drug-likeness (QED) is 0.451. The molecule has 1 heterocycles. The fourth-order valence-corrected chi connectivity index (χ4v) is 4.75. The van der Waals surface area contributed by atoms with Crippen molar-refractivity contribution in [2.45, 2.75) is 25.7 Å². The standard InChI is InChI=1S/C22H22ClN3O6S/c1-12-13(2)32-14(3)20(12)22(28)25-24-21(27)15-9-10-16(23)19(11-15)33(29,30)26-17-7-5-6-8-18(17)31-4/h5-11,26H,1-4H3,(H,24,27)(H,25,28). The zero-order valence-corrected chi connectivity index (χ0v) is 19.8. The van der Waals surface area contributed by atoms with Gasteiger partial charge in [0.1, 0.15) is 22.2 Å². The number of halogens is 1. The zero-order chi connectivity index (χ0) is 24.3. The number of nitrogens with one attached hydrogen (secondary N) is 3. The van der Waals surface area contributed by atoms with Gasteiger partial charge in [-0.15, -0.1) is 0 Å².